The Bertz CT molecular complexity index is 889. The average molecular weight is 406 g/mol. The number of carbonyl (C=O) groups is 1. The van der Waals surface area contributed by atoms with Gasteiger partial charge in [-0.3, -0.25) is 4.79 Å². The number of ether oxygens (including phenoxy) is 1. The number of carbonyl (C=O) groups excluding carboxylic acids is 1. The summed E-state index contributed by atoms with van der Waals surface area (Å²) in [7, 11) is 1.39. The molecule has 0 spiro atoms. The molecule has 3 rings (SSSR count). The number of fused-ring (bicyclic) bond motifs is 1. The quantitative estimate of drug-likeness (QED) is 0.788. The van der Waals surface area contributed by atoms with Crippen molar-refractivity contribution in [2.45, 2.75) is 77.5 Å². The number of methoxy groups -OCH3 is 1. The Morgan fingerprint density at radius 2 is 2.14 bits per heavy atom. The number of nitrogens with zero attached hydrogens (tertiary/aromatic N) is 2. The van der Waals surface area contributed by atoms with Crippen LogP contribution in [-0.2, 0) is 4.79 Å². The fourth-order valence-corrected chi connectivity index (χ4v) is 4.79. The molecule has 4 atom stereocenters. The van der Waals surface area contributed by atoms with E-state index in [0.717, 1.165) is 12.8 Å². The molecule has 0 aliphatic carbocycles. The first-order valence-corrected chi connectivity index (χ1v) is 10.3. The van der Waals surface area contributed by atoms with Gasteiger partial charge in [-0.25, -0.2) is 9.37 Å². The normalized spacial score (nSPS) is 24.0. The zero-order chi connectivity index (χ0) is 21.5. The highest BCUT2D eigenvalue weighted by Crippen LogP contribution is 2.37. The van der Waals surface area contributed by atoms with Crippen molar-refractivity contribution in [3.8, 4) is 5.75 Å². The summed E-state index contributed by atoms with van der Waals surface area (Å²) in [5.41, 5.74) is 0.0981. The molecular weight excluding hydrogens is 373 g/mol. The zero-order valence-corrected chi connectivity index (χ0v) is 18.1. The van der Waals surface area contributed by atoms with Gasteiger partial charge in [0.05, 0.1) is 30.2 Å². The molecule has 0 saturated carbocycles. The smallest absolute Gasteiger partial charge is 0.230 e. The maximum atomic E-state index is 14.9. The third-order valence-electron chi connectivity index (χ3n) is 5.97. The van der Waals surface area contributed by atoms with Crippen LogP contribution in [0.1, 0.15) is 65.4 Å². The highest BCUT2D eigenvalue weighted by Gasteiger charge is 2.39. The van der Waals surface area contributed by atoms with Crippen LogP contribution in [0.2, 0.25) is 0 Å². The van der Waals surface area contributed by atoms with Crippen LogP contribution in [0.3, 0.4) is 0 Å². The van der Waals surface area contributed by atoms with E-state index < -0.39 is 17.3 Å². The van der Waals surface area contributed by atoms with E-state index in [-0.39, 0.29) is 23.7 Å². The van der Waals surface area contributed by atoms with Crippen LogP contribution in [-0.4, -0.2) is 50.7 Å². The topological polar surface area (TPSA) is 78.5 Å². The summed E-state index contributed by atoms with van der Waals surface area (Å²) in [6.45, 7) is 9.59. The van der Waals surface area contributed by atoms with Crippen molar-refractivity contribution in [3.63, 3.8) is 0 Å². The van der Waals surface area contributed by atoms with Gasteiger partial charge in [0.1, 0.15) is 5.65 Å². The van der Waals surface area contributed by atoms with Gasteiger partial charge in [0.2, 0.25) is 5.91 Å². The van der Waals surface area contributed by atoms with Crippen LogP contribution in [0.25, 0.3) is 11.0 Å². The van der Waals surface area contributed by atoms with Gasteiger partial charge in [-0.15, -0.1) is 0 Å². The Kier molecular flexibility index (Phi) is 5.90. The highest BCUT2D eigenvalue weighted by atomic mass is 19.1. The van der Waals surface area contributed by atoms with Gasteiger partial charge in [0.15, 0.2) is 11.6 Å². The maximum absolute atomic E-state index is 14.9. The molecule has 160 valence electrons. The van der Waals surface area contributed by atoms with Crippen LogP contribution >= 0.6 is 0 Å². The number of aliphatic hydroxyl groups is 1. The first kappa shape index (κ1) is 21.6. The van der Waals surface area contributed by atoms with Crippen molar-refractivity contribution in [2.75, 3.05) is 7.11 Å². The molecule has 29 heavy (non-hydrogen) atoms. The number of hydrogen-bond donors (Lipinski definition) is 2. The Hall–Kier alpha value is -2.15. The number of H-pyrrole nitrogens is 1. The van der Waals surface area contributed by atoms with Gasteiger partial charge in [-0.1, -0.05) is 6.92 Å². The van der Waals surface area contributed by atoms with E-state index in [1.54, 1.807) is 27.0 Å². The Labute approximate surface area is 171 Å². The fraction of sp³-hybridized carbons (Fsp3) is 0.636. The molecular formula is C22H32FN3O3. The average Bonchev–Trinajstić information content (AvgIpc) is 3.04. The van der Waals surface area contributed by atoms with E-state index in [1.807, 2.05) is 4.90 Å². The van der Waals surface area contributed by atoms with E-state index in [0.29, 0.717) is 28.9 Å². The lowest BCUT2D eigenvalue weighted by atomic mass is 9.82. The molecule has 0 aromatic carbocycles. The van der Waals surface area contributed by atoms with Gasteiger partial charge in [-0.2, -0.15) is 0 Å². The molecule has 2 N–H and O–H groups in total. The summed E-state index contributed by atoms with van der Waals surface area (Å²) in [6, 6.07) is 0.00942. The minimum Gasteiger partial charge on any atom is -0.492 e. The summed E-state index contributed by atoms with van der Waals surface area (Å²) in [4.78, 5) is 22.7. The number of aromatic amines is 1. The highest BCUT2D eigenvalue weighted by molar-refractivity contribution is 5.91. The summed E-state index contributed by atoms with van der Waals surface area (Å²) in [5.74, 6) is -0.579. The molecule has 0 bridgehead atoms. The molecule has 1 saturated heterocycles. The summed E-state index contributed by atoms with van der Waals surface area (Å²) in [5, 5.41) is 10.7. The van der Waals surface area contributed by atoms with E-state index in [9.17, 15) is 14.3 Å². The van der Waals surface area contributed by atoms with Crippen molar-refractivity contribution >= 4 is 16.9 Å². The second-order valence-electron chi connectivity index (χ2n) is 9.17. The van der Waals surface area contributed by atoms with Crippen molar-refractivity contribution in [1.29, 1.82) is 0 Å². The van der Waals surface area contributed by atoms with Crippen molar-refractivity contribution in [1.82, 2.24) is 14.9 Å². The van der Waals surface area contributed by atoms with E-state index in [2.05, 4.69) is 23.8 Å². The Balaban J connectivity index is 1.97. The minimum atomic E-state index is -0.868. The number of likely N-dealkylation sites (tertiary alicyclic amines) is 1. The molecule has 6 nitrogen and oxygen atoms in total. The largest absolute Gasteiger partial charge is 0.492 e. The first-order chi connectivity index (χ1) is 13.5. The Morgan fingerprint density at radius 3 is 2.76 bits per heavy atom. The molecule has 2 aromatic heterocycles. The summed E-state index contributed by atoms with van der Waals surface area (Å²) in [6.07, 6.45) is 5.27. The molecule has 1 aliphatic rings. The second-order valence-corrected chi connectivity index (χ2v) is 9.17. The van der Waals surface area contributed by atoms with Gasteiger partial charge < -0.3 is 19.7 Å². The van der Waals surface area contributed by atoms with Crippen LogP contribution in [0.5, 0.6) is 5.75 Å². The molecule has 7 heteroatoms. The predicted octanol–water partition coefficient (Wildman–Crippen LogP) is 3.99. The number of piperidine rings is 1. The second kappa shape index (κ2) is 7.94. The third kappa shape index (κ3) is 4.25. The summed E-state index contributed by atoms with van der Waals surface area (Å²) < 4.78 is 20.0. The van der Waals surface area contributed by atoms with Crippen molar-refractivity contribution < 1.29 is 19.0 Å². The number of rotatable bonds is 5. The summed E-state index contributed by atoms with van der Waals surface area (Å²) >= 11 is 0. The SMILES string of the molecule is COc1cnc2[nH]cc(C(C)C(=O)N3C(C)CC(C)CC3CC(C)(C)O)c2c1F. The van der Waals surface area contributed by atoms with Gasteiger partial charge in [0, 0.05) is 18.3 Å². The zero-order valence-electron chi connectivity index (χ0n) is 18.1. The molecule has 3 heterocycles. The standard InChI is InChI=1S/C22H32FN3O3/c1-12-7-13(2)26(15(8-12)9-22(4,5)28)21(27)14(3)16-10-24-20-18(16)19(23)17(29-6)11-25-20/h10-15,28H,7-9H2,1-6H3,(H,24,25). The van der Waals surface area contributed by atoms with Gasteiger partial charge in [0.25, 0.3) is 0 Å². The lowest BCUT2D eigenvalue weighted by Gasteiger charge is -2.46. The predicted molar refractivity (Wildman–Crippen MR) is 110 cm³/mol. The van der Waals surface area contributed by atoms with Crippen molar-refractivity contribution in [3.05, 3.63) is 23.8 Å². The first-order valence-electron chi connectivity index (χ1n) is 10.3. The van der Waals surface area contributed by atoms with E-state index >= 15 is 0 Å². The number of aromatic nitrogens is 2. The molecule has 1 aliphatic heterocycles. The number of halogens is 1. The van der Waals surface area contributed by atoms with E-state index in [1.165, 1.54) is 13.3 Å². The third-order valence-corrected chi connectivity index (χ3v) is 5.97. The molecule has 0 radical (unpaired) electrons. The monoisotopic (exact) mass is 405 g/mol. The van der Waals surface area contributed by atoms with Gasteiger partial charge in [-0.05, 0) is 58.4 Å². The number of nitrogens with one attached hydrogen (secondary N) is 1. The number of amides is 1. The molecule has 1 fully saturated rings. The Morgan fingerprint density at radius 1 is 1.45 bits per heavy atom. The van der Waals surface area contributed by atoms with Crippen LogP contribution < -0.4 is 4.74 Å². The lowest BCUT2D eigenvalue weighted by Crippen LogP contribution is -2.53. The van der Waals surface area contributed by atoms with Crippen LogP contribution in [0.15, 0.2) is 12.4 Å². The van der Waals surface area contributed by atoms with Crippen LogP contribution in [0, 0.1) is 11.7 Å². The minimum absolute atomic E-state index is 0.0496. The van der Waals surface area contributed by atoms with Crippen molar-refractivity contribution in [2.24, 2.45) is 5.92 Å². The van der Waals surface area contributed by atoms with E-state index in [4.69, 9.17) is 4.74 Å². The lowest BCUT2D eigenvalue weighted by molar-refractivity contribution is -0.141. The number of hydrogen-bond acceptors (Lipinski definition) is 4. The molecule has 1 amide bonds. The van der Waals surface area contributed by atoms with Gasteiger partial charge >= 0.3 is 0 Å². The maximum Gasteiger partial charge on any atom is 0.230 e. The molecule has 2 aromatic rings. The van der Waals surface area contributed by atoms with Crippen LogP contribution in [0.4, 0.5) is 4.39 Å². The molecule has 4 unspecified atom stereocenters. The number of pyridine rings is 1. The fourth-order valence-electron chi connectivity index (χ4n) is 4.79.